The average molecular weight is 224 g/mol. The van der Waals surface area contributed by atoms with Crippen LogP contribution in [0.5, 0.6) is 0 Å². The maximum Gasteiger partial charge on any atom is 0.0959 e. The summed E-state index contributed by atoms with van der Waals surface area (Å²) < 4.78 is 0. The first-order valence-corrected chi connectivity index (χ1v) is 6.87. The van der Waals surface area contributed by atoms with Crippen molar-refractivity contribution in [3.05, 3.63) is 16.1 Å². The highest BCUT2D eigenvalue weighted by Crippen LogP contribution is 2.33. The van der Waals surface area contributed by atoms with Gasteiger partial charge in [0, 0.05) is 17.8 Å². The lowest BCUT2D eigenvalue weighted by Gasteiger charge is -2.09. The third-order valence-electron chi connectivity index (χ3n) is 3.13. The Hall–Kier alpha value is -0.410. The van der Waals surface area contributed by atoms with Crippen molar-refractivity contribution in [2.24, 2.45) is 0 Å². The van der Waals surface area contributed by atoms with Gasteiger partial charge in [0.05, 0.1) is 10.7 Å². The Morgan fingerprint density at radius 2 is 2.07 bits per heavy atom. The van der Waals surface area contributed by atoms with Crippen molar-refractivity contribution in [1.82, 2.24) is 10.3 Å². The van der Waals surface area contributed by atoms with Crippen LogP contribution >= 0.6 is 11.3 Å². The van der Waals surface area contributed by atoms with E-state index in [0.29, 0.717) is 0 Å². The number of aromatic nitrogens is 1. The fourth-order valence-electron chi connectivity index (χ4n) is 2.30. The molecule has 2 rings (SSSR count). The van der Waals surface area contributed by atoms with Crippen molar-refractivity contribution in [3.8, 4) is 0 Å². The lowest BCUT2D eigenvalue weighted by molar-refractivity contribution is 0.586. The Morgan fingerprint density at radius 1 is 1.33 bits per heavy atom. The standard InChI is InChI=1S/C12H20N2S/c1-13-8-11-9-15-12(14-11)10-6-4-2-3-5-7-10/h9-10,13H,2-8H2,1H3. The molecule has 1 aromatic heterocycles. The zero-order valence-electron chi connectivity index (χ0n) is 9.46. The van der Waals surface area contributed by atoms with E-state index >= 15 is 0 Å². The molecular formula is C12H20N2S. The predicted octanol–water partition coefficient (Wildman–Crippen LogP) is 3.30. The van der Waals surface area contributed by atoms with Crippen molar-refractivity contribution >= 4 is 11.3 Å². The molecule has 0 radical (unpaired) electrons. The van der Waals surface area contributed by atoms with Gasteiger partial charge in [-0.15, -0.1) is 11.3 Å². The Morgan fingerprint density at radius 3 is 2.73 bits per heavy atom. The van der Waals surface area contributed by atoms with E-state index in [4.69, 9.17) is 4.98 Å². The van der Waals surface area contributed by atoms with Crippen LogP contribution in [-0.2, 0) is 6.54 Å². The van der Waals surface area contributed by atoms with Gasteiger partial charge in [0.1, 0.15) is 0 Å². The monoisotopic (exact) mass is 224 g/mol. The molecule has 0 spiro atoms. The quantitative estimate of drug-likeness (QED) is 0.797. The van der Waals surface area contributed by atoms with E-state index in [1.807, 2.05) is 18.4 Å². The highest BCUT2D eigenvalue weighted by molar-refractivity contribution is 7.09. The minimum absolute atomic E-state index is 0.753. The van der Waals surface area contributed by atoms with Crippen molar-refractivity contribution in [1.29, 1.82) is 0 Å². The molecule has 1 aromatic rings. The molecule has 0 amide bonds. The average Bonchev–Trinajstić information content (AvgIpc) is 2.53. The van der Waals surface area contributed by atoms with Gasteiger partial charge < -0.3 is 5.32 Å². The number of thiazole rings is 1. The predicted molar refractivity (Wildman–Crippen MR) is 65.3 cm³/mol. The molecule has 2 nitrogen and oxygen atoms in total. The molecular weight excluding hydrogens is 204 g/mol. The van der Waals surface area contributed by atoms with Gasteiger partial charge in [-0.05, 0) is 19.9 Å². The largest absolute Gasteiger partial charge is 0.314 e. The number of nitrogens with one attached hydrogen (secondary N) is 1. The van der Waals surface area contributed by atoms with Crippen LogP contribution in [0.1, 0.15) is 55.1 Å². The number of hydrogen-bond acceptors (Lipinski definition) is 3. The summed E-state index contributed by atoms with van der Waals surface area (Å²) in [7, 11) is 1.98. The fourth-order valence-corrected chi connectivity index (χ4v) is 3.29. The highest BCUT2D eigenvalue weighted by Gasteiger charge is 2.17. The molecule has 0 aromatic carbocycles. The Balaban J connectivity index is 2.00. The second-order valence-electron chi connectivity index (χ2n) is 4.40. The molecule has 0 bridgehead atoms. The minimum Gasteiger partial charge on any atom is -0.314 e. The molecule has 0 saturated heterocycles. The van der Waals surface area contributed by atoms with Gasteiger partial charge in [-0.25, -0.2) is 4.98 Å². The van der Waals surface area contributed by atoms with E-state index < -0.39 is 0 Å². The second-order valence-corrected chi connectivity index (χ2v) is 5.29. The van der Waals surface area contributed by atoms with Gasteiger partial charge >= 0.3 is 0 Å². The molecule has 15 heavy (non-hydrogen) atoms. The molecule has 0 aliphatic heterocycles. The van der Waals surface area contributed by atoms with Gasteiger partial charge in [-0.3, -0.25) is 0 Å². The van der Waals surface area contributed by atoms with Crippen LogP contribution in [0.4, 0.5) is 0 Å². The summed E-state index contributed by atoms with van der Waals surface area (Å²) in [6.07, 6.45) is 8.34. The molecule has 1 aliphatic rings. The summed E-state index contributed by atoms with van der Waals surface area (Å²) in [4.78, 5) is 4.72. The normalized spacial score (nSPS) is 19.0. The van der Waals surface area contributed by atoms with Crippen molar-refractivity contribution in [2.75, 3.05) is 7.05 Å². The van der Waals surface area contributed by atoms with Crippen molar-refractivity contribution in [3.63, 3.8) is 0 Å². The molecule has 84 valence electrons. The van der Waals surface area contributed by atoms with Crippen molar-refractivity contribution < 1.29 is 0 Å². The van der Waals surface area contributed by atoms with Gasteiger partial charge in [0.25, 0.3) is 0 Å². The molecule has 1 saturated carbocycles. The second kappa shape index (κ2) is 5.61. The number of rotatable bonds is 3. The van der Waals surface area contributed by atoms with Crippen LogP contribution in [0.25, 0.3) is 0 Å². The zero-order valence-corrected chi connectivity index (χ0v) is 10.3. The SMILES string of the molecule is CNCc1csc(C2CCCCCC2)n1. The van der Waals surface area contributed by atoms with Crippen LogP contribution < -0.4 is 5.32 Å². The Bertz CT molecular complexity index is 288. The van der Waals surface area contributed by atoms with E-state index in [1.54, 1.807) is 0 Å². The maximum atomic E-state index is 4.72. The topological polar surface area (TPSA) is 24.9 Å². The third kappa shape index (κ3) is 3.02. The van der Waals surface area contributed by atoms with Crippen LogP contribution in [-0.4, -0.2) is 12.0 Å². The number of hydrogen-bond donors (Lipinski definition) is 1. The summed E-state index contributed by atoms with van der Waals surface area (Å²) in [5.41, 5.74) is 1.21. The first kappa shape index (κ1) is 11.1. The van der Waals surface area contributed by atoms with Gasteiger partial charge in [-0.2, -0.15) is 0 Å². The Kier molecular flexibility index (Phi) is 4.15. The minimum atomic E-state index is 0.753. The smallest absolute Gasteiger partial charge is 0.0959 e. The lowest BCUT2D eigenvalue weighted by Crippen LogP contribution is -2.05. The van der Waals surface area contributed by atoms with E-state index in [-0.39, 0.29) is 0 Å². The summed E-state index contributed by atoms with van der Waals surface area (Å²) in [6, 6.07) is 0. The third-order valence-corrected chi connectivity index (χ3v) is 4.19. The molecule has 0 unspecified atom stereocenters. The van der Waals surface area contributed by atoms with Crippen LogP contribution in [0.3, 0.4) is 0 Å². The summed E-state index contributed by atoms with van der Waals surface area (Å²) in [6.45, 7) is 0.906. The van der Waals surface area contributed by atoms with Crippen LogP contribution in [0.2, 0.25) is 0 Å². The summed E-state index contributed by atoms with van der Waals surface area (Å²) >= 11 is 1.85. The molecule has 0 atom stereocenters. The van der Waals surface area contributed by atoms with Gasteiger partial charge in [0.2, 0.25) is 0 Å². The van der Waals surface area contributed by atoms with E-state index in [2.05, 4.69) is 10.7 Å². The van der Waals surface area contributed by atoms with Gasteiger partial charge in [-0.1, -0.05) is 25.7 Å². The molecule has 1 heterocycles. The van der Waals surface area contributed by atoms with Gasteiger partial charge in [0.15, 0.2) is 0 Å². The van der Waals surface area contributed by atoms with Crippen molar-refractivity contribution in [2.45, 2.75) is 51.0 Å². The summed E-state index contributed by atoms with van der Waals surface area (Å²) in [5.74, 6) is 0.753. The Labute approximate surface area is 96.1 Å². The number of nitrogens with zero attached hydrogens (tertiary/aromatic N) is 1. The fraction of sp³-hybridized carbons (Fsp3) is 0.750. The van der Waals surface area contributed by atoms with E-state index in [1.165, 1.54) is 49.2 Å². The molecule has 1 aliphatic carbocycles. The van der Waals surface area contributed by atoms with Crippen LogP contribution in [0, 0.1) is 0 Å². The molecule has 1 N–H and O–H groups in total. The van der Waals surface area contributed by atoms with E-state index in [9.17, 15) is 0 Å². The highest BCUT2D eigenvalue weighted by atomic mass is 32.1. The lowest BCUT2D eigenvalue weighted by atomic mass is 10.0. The van der Waals surface area contributed by atoms with Crippen LogP contribution in [0.15, 0.2) is 5.38 Å². The molecule has 1 fully saturated rings. The summed E-state index contributed by atoms with van der Waals surface area (Å²) in [5, 5.41) is 6.74. The van der Waals surface area contributed by atoms with E-state index in [0.717, 1.165) is 12.5 Å². The maximum absolute atomic E-state index is 4.72. The first-order chi connectivity index (χ1) is 7.40. The zero-order chi connectivity index (χ0) is 10.5. The first-order valence-electron chi connectivity index (χ1n) is 5.99. The molecule has 3 heteroatoms.